The van der Waals surface area contributed by atoms with Gasteiger partial charge in [-0.25, -0.2) is 10.2 Å². The van der Waals surface area contributed by atoms with E-state index in [1.54, 1.807) is 6.21 Å². The van der Waals surface area contributed by atoms with Gasteiger partial charge in [0, 0.05) is 4.47 Å². The molecule has 0 heterocycles. The summed E-state index contributed by atoms with van der Waals surface area (Å²) < 4.78 is 1.05. The second kappa shape index (κ2) is 4.97. The molecule has 0 spiro atoms. The van der Waals surface area contributed by atoms with Crippen LogP contribution >= 0.6 is 15.9 Å². The van der Waals surface area contributed by atoms with Crippen LogP contribution in [0.1, 0.15) is 5.56 Å². The van der Waals surface area contributed by atoms with E-state index in [9.17, 15) is 4.79 Å². The highest BCUT2D eigenvalue weighted by atomic mass is 79.9. The summed E-state index contributed by atoms with van der Waals surface area (Å²) >= 11 is 3.49. The monoisotopic (exact) mass is 291 g/mol. The molecule has 0 unspecified atom stereocenters. The number of halogens is 1. The fourth-order valence-corrected chi connectivity index (χ4v) is 2.03. The maximum Gasteiger partial charge on any atom is 0.332 e. The number of urea groups is 1. The molecule has 0 aliphatic heterocycles. The number of nitrogens with zero attached hydrogens (tertiary/aromatic N) is 1. The zero-order chi connectivity index (χ0) is 12.3. The van der Waals surface area contributed by atoms with Crippen LogP contribution in [-0.4, -0.2) is 12.2 Å². The Morgan fingerprint density at radius 2 is 2.18 bits per heavy atom. The molecule has 2 amide bonds. The van der Waals surface area contributed by atoms with Crippen LogP contribution in [0.4, 0.5) is 4.79 Å². The lowest BCUT2D eigenvalue weighted by Crippen LogP contribution is -2.24. The number of rotatable bonds is 2. The average molecular weight is 292 g/mol. The number of fused-ring (bicyclic) bond motifs is 1. The van der Waals surface area contributed by atoms with Crippen molar-refractivity contribution < 1.29 is 4.79 Å². The van der Waals surface area contributed by atoms with Gasteiger partial charge in [0.1, 0.15) is 0 Å². The first-order valence-corrected chi connectivity index (χ1v) is 5.73. The fraction of sp³-hybridized carbons (Fsp3) is 0. The Bertz CT molecular complexity index is 595. The number of nitrogens with one attached hydrogen (secondary N) is 1. The Morgan fingerprint density at radius 3 is 2.94 bits per heavy atom. The molecule has 0 fully saturated rings. The highest BCUT2D eigenvalue weighted by Crippen LogP contribution is 2.24. The Morgan fingerprint density at radius 1 is 1.35 bits per heavy atom. The minimum Gasteiger partial charge on any atom is -0.350 e. The molecule has 3 N–H and O–H groups in total. The molecule has 0 aromatic heterocycles. The van der Waals surface area contributed by atoms with E-state index in [2.05, 4.69) is 26.5 Å². The maximum absolute atomic E-state index is 10.4. The van der Waals surface area contributed by atoms with Gasteiger partial charge in [-0.15, -0.1) is 0 Å². The number of carbonyl (C=O) groups excluding carboxylic acids is 1. The van der Waals surface area contributed by atoms with Gasteiger partial charge in [-0.1, -0.05) is 40.2 Å². The third-order valence-corrected chi connectivity index (χ3v) is 2.93. The first kappa shape index (κ1) is 11.6. The lowest BCUT2D eigenvalue weighted by Gasteiger charge is -2.01. The van der Waals surface area contributed by atoms with Crippen LogP contribution in [0, 0.1) is 0 Å². The number of hydrogen-bond acceptors (Lipinski definition) is 2. The fourth-order valence-electron chi connectivity index (χ4n) is 1.51. The summed E-state index contributed by atoms with van der Waals surface area (Å²) in [6.45, 7) is 0. The largest absolute Gasteiger partial charge is 0.350 e. The molecule has 0 aliphatic rings. The Balaban J connectivity index is 2.32. The van der Waals surface area contributed by atoms with Crippen molar-refractivity contribution in [1.82, 2.24) is 5.43 Å². The van der Waals surface area contributed by atoms with E-state index >= 15 is 0 Å². The maximum atomic E-state index is 10.4. The summed E-state index contributed by atoms with van der Waals surface area (Å²) in [7, 11) is 0. The molecule has 0 saturated carbocycles. The lowest BCUT2D eigenvalue weighted by atomic mass is 10.1. The smallest absolute Gasteiger partial charge is 0.332 e. The third-order valence-electron chi connectivity index (χ3n) is 2.24. The highest BCUT2D eigenvalue weighted by molar-refractivity contribution is 9.10. The standard InChI is InChI=1S/C12H10BrN3O/c13-11-3-1-2-9-6-8(4-5-10(9)11)7-15-16-12(14)17/h1-7H,(H3,14,16,17)/b15-7+. The van der Waals surface area contributed by atoms with Crippen molar-refractivity contribution in [3.63, 3.8) is 0 Å². The van der Waals surface area contributed by atoms with E-state index in [0.29, 0.717) is 0 Å². The van der Waals surface area contributed by atoms with Gasteiger partial charge in [-0.05, 0) is 28.5 Å². The molecule has 0 radical (unpaired) electrons. The van der Waals surface area contributed by atoms with Crippen LogP contribution in [0.15, 0.2) is 46.0 Å². The van der Waals surface area contributed by atoms with Crippen LogP contribution in [0.25, 0.3) is 10.8 Å². The van der Waals surface area contributed by atoms with Crippen LogP contribution in [0.5, 0.6) is 0 Å². The van der Waals surface area contributed by atoms with E-state index in [0.717, 1.165) is 20.8 Å². The summed E-state index contributed by atoms with van der Waals surface area (Å²) in [6.07, 6.45) is 1.55. The number of nitrogens with two attached hydrogens (primary N) is 1. The van der Waals surface area contributed by atoms with Crippen LogP contribution in [-0.2, 0) is 0 Å². The van der Waals surface area contributed by atoms with Gasteiger partial charge in [0.05, 0.1) is 6.21 Å². The average Bonchev–Trinajstić information content (AvgIpc) is 2.29. The predicted molar refractivity (Wildman–Crippen MR) is 72.0 cm³/mol. The number of amides is 2. The van der Waals surface area contributed by atoms with Crippen molar-refractivity contribution >= 4 is 38.9 Å². The molecular formula is C12H10BrN3O. The Labute approximate surface area is 107 Å². The summed E-state index contributed by atoms with van der Waals surface area (Å²) in [6, 6.07) is 11.2. The molecule has 0 aliphatic carbocycles. The third kappa shape index (κ3) is 2.82. The second-order valence-corrected chi connectivity index (χ2v) is 4.31. The second-order valence-electron chi connectivity index (χ2n) is 3.45. The molecule has 2 rings (SSSR count). The molecule has 0 atom stereocenters. The van der Waals surface area contributed by atoms with Gasteiger partial charge in [0.15, 0.2) is 0 Å². The number of primary amides is 1. The van der Waals surface area contributed by atoms with E-state index < -0.39 is 6.03 Å². The SMILES string of the molecule is NC(=O)N/N=C/c1ccc2c(Br)cccc2c1. The highest BCUT2D eigenvalue weighted by Gasteiger charge is 1.98. The van der Waals surface area contributed by atoms with Gasteiger partial charge >= 0.3 is 6.03 Å². The topological polar surface area (TPSA) is 67.5 Å². The van der Waals surface area contributed by atoms with E-state index in [1.807, 2.05) is 36.4 Å². The summed E-state index contributed by atoms with van der Waals surface area (Å²) in [5.74, 6) is 0. The molecule has 2 aromatic rings. The van der Waals surface area contributed by atoms with Crippen molar-refractivity contribution in [3.8, 4) is 0 Å². The molecule has 5 heteroatoms. The van der Waals surface area contributed by atoms with Crippen LogP contribution in [0.3, 0.4) is 0 Å². The number of hydrazone groups is 1. The van der Waals surface area contributed by atoms with Crippen LogP contribution in [0.2, 0.25) is 0 Å². The van der Waals surface area contributed by atoms with Gasteiger partial charge in [-0.2, -0.15) is 5.10 Å². The Kier molecular flexibility index (Phi) is 3.39. The van der Waals surface area contributed by atoms with Gasteiger partial charge in [0.25, 0.3) is 0 Å². The molecule has 86 valence electrons. The number of hydrogen-bond donors (Lipinski definition) is 2. The first-order valence-electron chi connectivity index (χ1n) is 4.93. The van der Waals surface area contributed by atoms with Gasteiger partial charge in [0.2, 0.25) is 0 Å². The lowest BCUT2D eigenvalue weighted by molar-refractivity contribution is 0.249. The number of benzene rings is 2. The summed E-state index contributed by atoms with van der Waals surface area (Å²) in [5, 5.41) is 5.94. The number of carbonyl (C=O) groups is 1. The molecule has 0 bridgehead atoms. The molecule has 4 nitrogen and oxygen atoms in total. The van der Waals surface area contributed by atoms with Crippen molar-refractivity contribution in [3.05, 3.63) is 46.4 Å². The van der Waals surface area contributed by atoms with Gasteiger partial charge in [-0.3, -0.25) is 0 Å². The summed E-state index contributed by atoms with van der Waals surface area (Å²) in [5.41, 5.74) is 7.94. The van der Waals surface area contributed by atoms with E-state index in [1.165, 1.54) is 0 Å². The normalized spacial score (nSPS) is 10.9. The molecule has 0 saturated heterocycles. The zero-order valence-electron chi connectivity index (χ0n) is 8.85. The predicted octanol–water partition coefficient (Wildman–Crippen LogP) is 2.60. The molecular weight excluding hydrogens is 282 g/mol. The van der Waals surface area contributed by atoms with Crippen molar-refractivity contribution in [2.45, 2.75) is 0 Å². The quantitative estimate of drug-likeness (QED) is 0.648. The summed E-state index contributed by atoms with van der Waals surface area (Å²) in [4.78, 5) is 10.4. The van der Waals surface area contributed by atoms with Crippen LogP contribution < -0.4 is 11.2 Å². The van der Waals surface area contributed by atoms with Crippen molar-refractivity contribution in [2.75, 3.05) is 0 Å². The minimum atomic E-state index is -0.676. The zero-order valence-corrected chi connectivity index (χ0v) is 10.4. The van der Waals surface area contributed by atoms with Gasteiger partial charge < -0.3 is 5.73 Å². The Hall–Kier alpha value is -1.88. The first-order chi connectivity index (χ1) is 8.16. The molecule has 2 aromatic carbocycles. The van der Waals surface area contributed by atoms with E-state index in [-0.39, 0.29) is 0 Å². The van der Waals surface area contributed by atoms with Crippen molar-refractivity contribution in [1.29, 1.82) is 0 Å². The van der Waals surface area contributed by atoms with Crippen molar-refractivity contribution in [2.24, 2.45) is 10.8 Å². The minimum absolute atomic E-state index is 0.676. The molecule has 17 heavy (non-hydrogen) atoms. The van der Waals surface area contributed by atoms with E-state index in [4.69, 9.17) is 5.73 Å².